The minimum Gasteiger partial charge on any atom is -0.349 e. The third-order valence-electron chi connectivity index (χ3n) is 5.39. The molecule has 140 valence electrons. The standard InChI is InChI=1S/C19H30N2O3S/c1-13(14-7-11-17(12-8-14)25(20,23)24)21-18(22)15-5-9-16(10-6-15)19(2,3)4/h7-8,11-13,15-16H,5-6,9-10H2,1-4H3,(H,21,22)(H2,20,23,24). The molecule has 6 heteroatoms. The van der Waals surface area contributed by atoms with E-state index in [1.807, 2.05) is 6.92 Å². The molecule has 0 radical (unpaired) electrons. The molecule has 0 saturated heterocycles. The minimum atomic E-state index is -3.69. The fourth-order valence-corrected chi connectivity index (χ4v) is 4.10. The third-order valence-corrected chi connectivity index (χ3v) is 6.32. The van der Waals surface area contributed by atoms with Crippen molar-refractivity contribution in [2.75, 3.05) is 0 Å². The van der Waals surface area contributed by atoms with Crippen LogP contribution in [-0.4, -0.2) is 14.3 Å². The number of nitrogens with two attached hydrogens (primary N) is 1. The minimum absolute atomic E-state index is 0.0738. The van der Waals surface area contributed by atoms with E-state index in [0.29, 0.717) is 11.3 Å². The maximum absolute atomic E-state index is 12.5. The molecule has 0 heterocycles. The van der Waals surface area contributed by atoms with Crippen molar-refractivity contribution in [1.82, 2.24) is 5.32 Å². The molecule has 1 amide bonds. The first kappa shape index (κ1) is 19.9. The average Bonchev–Trinajstić information content (AvgIpc) is 2.53. The summed E-state index contributed by atoms with van der Waals surface area (Å²) in [5.41, 5.74) is 1.17. The van der Waals surface area contributed by atoms with Crippen LogP contribution < -0.4 is 10.5 Å². The first-order valence-corrected chi connectivity index (χ1v) is 10.5. The average molecular weight is 367 g/mol. The Bertz CT molecular complexity index is 697. The SMILES string of the molecule is CC(NC(=O)C1CCC(C(C)(C)C)CC1)c1ccc(S(N)(=O)=O)cc1. The van der Waals surface area contributed by atoms with Crippen LogP contribution in [0.3, 0.4) is 0 Å². The van der Waals surface area contributed by atoms with Gasteiger partial charge in [0.1, 0.15) is 0 Å². The highest BCUT2D eigenvalue weighted by atomic mass is 32.2. The van der Waals surface area contributed by atoms with Crippen LogP contribution in [0.2, 0.25) is 0 Å². The van der Waals surface area contributed by atoms with E-state index in [2.05, 4.69) is 26.1 Å². The summed E-state index contributed by atoms with van der Waals surface area (Å²) in [6.07, 6.45) is 4.06. The Labute approximate surface area is 151 Å². The van der Waals surface area contributed by atoms with Gasteiger partial charge in [-0.3, -0.25) is 4.79 Å². The third kappa shape index (κ3) is 5.28. The molecule has 1 fully saturated rings. The summed E-state index contributed by atoms with van der Waals surface area (Å²) in [7, 11) is -3.69. The van der Waals surface area contributed by atoms with Gasteiger partial charge in [-0.2, -0.15) is 0 Å². The lowest BCUT2D eigenvalue weighted by atomic mass is 9.69. The molecule has 1 aromatic rings. The van der Waals surface area contributed by atoms with Gasteiger partial charge in [-0.15, -0.1) is 0 Å². The van der Waals surface area contributed by atoms with Crippen LogP contribution in [0.1, 0.15) is 65.0 Å². The van der Waals surface area contributed by atoms with E-state index in [4.69, 9.17) is 5.14 Å². The van der Waals surface area contributed by atoms with E-state index in [0.717, 1.165) is 31.2 Å². The van der Waals surface area contributed by atoms with Crippen LogP contribution >= 0.6 is 0 Å². The maximum atomic E-state index is 12.5. The highest BCUT2D eigenvalue weighted by Crippen LogP contribution is 2.39. The summed E-state index contributed by atoms with van der Waals surface area (Å²) in [6, 6.07) is 6.17. The lowest BCUT2D eigenvalue weighted by Crippen LogP contribution is -2.36. The molecule has 25 heavy (non-hydrogen) atoms. The summed E-state index contributed by atoms with van der Waals surface area (Å²) >= 11 is 0. The summed E-state index contributed by atoms with van der Waals surface area (Å²) in [5, 5.41) is 8.16. The number of amides is 1. The van der Waals surface area contributed by atoms with Gasteiger partial charge in [0.15, 0.2) is 0 Å². The van der Waals surface area contributed by atoms with Gasteiger partial charge in [-0.05, 0) is 61.6 Å². The lowest BCUT2D eigenvalue weighted by molar-refractivity contribution is -0.127. The van der Waals surface area contributed by atoms with Gasteiger partial charge < -0.3 is 5.32 Å². The van der Waals surface area contributed by atoms with Gasteiger partial charge in [-0.25, -0.2) is 13.6 Å². The molecule has 5 nitrogen and oxygen atoms in total. The van der Waals surface area contributed by atoms with Crippen molar-refractivity contribution in [3.8, 4) is 0 Å². The number of benzene rings is 1. The van der Waals surface area contributed by atoms with Crippen molar-refractivity contribution in [2.45, 2.75) is 64.3 Å². The molecule has 1 saturated carbocycles. The van der Waals surface area contributed by atoms with Crippen LogP contribution in [0.5, 0.6) is 0 Å². The fourth-order valence-electron chi connectivity index (χ4n) is 3.58. The summed E-state index contributed by atoms with van der Waals surface area (Å²) in [5.74, 6) is 0.847. The Balaban J connectivity index is 1.92. The van der Waals surface area contributed by atoms with Crippen molar-refractivity contribution in [2.24, 2.45) is 22.4 Å². The monoisotopic (exact) mass is 366 g/mol. The molecule has 1 unspecified atom stereocenters. The predicted octanol–water partition coefficient (Wildman–Crippen LogP) is 3.36. The number of hydrogen-bond donors (Lipinski definition) is 2. The highest BCUT2D eigenvalue weighted by Gasteiger charge is 2.32. The van der Waals surface area contributed by atoms with E-state index < -0.39 is 10.0 Å². The number of sulfonamides is 1. The Hall–Kier alpha value is -1.40. The zero-order valence-electron chi connectivity index (χ0n) is 15.6. The first-order valence-electron chi connectivity index (χ1n) is 8.91. The molecule has 2 rings (SSSR count). The van der Waals surface area contributed by atoms with E-state index >= 15 is 0 Å². The van der Waals surface area contributed by atoms with Gasteiger partial charge in [0.05, 0.1) is 10.9 Å². The molecular weight excluding hydrogens is 336 g/mol. The summed E-state index contributed by atoms with van der Waals surface area (Å²) < 4.78 is 22.6. The normalized spacial score (nSPS) is 23.1. The van der Waals surface area contributed by atoms with Crippen LogP contribution in [0.15, 0.2) is 29.2 Å². The Morgan fingerprint density at radius 3 is 2.08 bits per heavy atom. The summed E-state index contributed by atoms with van der Waals surface area (Å²) in [4.78, 5) is 12.6. The van der Waals surface area contributed by atoms with E-state index in [1.165, 1.54) is 12.1 Å². The maximum Gasteiger partial charge on any atom is 0.238 e. The molecule has 0 bridgehead atoms. The zero-order chi connectivity index (χ0) is 18.8. The van der Waals surface area contributed by atoms with Gasteiger partial charge in [0, 0.05) is 5.92 Å². The molecule has 1 aliphatic rings. The van der Waals surface area contributed by atoms with Crippen molar-refractivity contribution in [3.63, 3.8) is 0 Å². The quantitative estimate of drug-likeness (QED) is 0.856. The number of nitrogens with one attached hydrogen (secondary N) is 1. The molecule has 3 N–H and O–H groups in total. The molecular formula is C19H30N2O3S. The first-order chi connectivity index (χ1) is 11.5. The second-order valence-electron chi connectivity index (χ2n) is 8.26. The molecule has 1 aromatic carbocycles. The molecule has 1 atom stereocenters. The highest BCUT2D eigenvalue weighted by molar-refractivity contribution is 7.89. The fraction of sp³-hybridized carbons (Fsp3) is 0.632. The molecule has 0 aliphatic heterocycles. The number of primary sulfonamides is 1. The smallest absolute Gasteiger partial charge is 0.238 e. The topological polar surface area (TPSA) is 89.3 Å². The van der Waals surface area contributed by atoms with Gasteiger partial charge >= 0.3 is 0 Å². The second kappa shape index (κ2) is 7.46. The van der Waals surface area contributed by atoms with Crippen LogP contribution in [-0.2, 0) is 14.8 Å². The Kier molecular flexibility index (Phi) is 5.94. The number of carbonyl (C=O) groups excluding carboxylic acids is 1. The van der Waals surface area contributed by atoms with E-state index in [9.17, 15) is 13.2 Å². The van der Waals surface area contributed by atoms with Crippen LogP contribution in [0.25, 0.3) is 0 Å². The molecule has 0 spiro atoms. The number of carbonyl (C=O) groups is 1. The van der Waals surface area contributed by atoms with Gasteiger partial charge in [0.25, 0.3) is 0 Å². The second-order valence-corrected chi connectivity index (χ2v) is 9.82. The van der Waals surface area contributed by atoms with Crippen LogP contribution in [0, 0.1) is 17.3 Å². The Morgan fingerprint density at radius 2 is 1.64 bits per heavy atom. The van der Waals surface area contributed by atoms with Crippen molar-refractivity contribution in [3.05, 3.63) is 29.8 Å². The zero-order valence-corrected chi connectivity index (χ0v) is 16.4. The molecule has 1 aliphatic carbocycles. The van der Waals surface area contributed by atoms with Gasteiger partial charge in [-0.1, -0.05) is 32.9 Å². The van der Waals surface area contributed by atoms with Crippen LogP contribution in [0.4, 0.5) is 0 Å². The molecule has 0 aromatic heterocycles. The number of rotatable bonds is 4. The van der Waals surface area contributed by atoms with Gasteiger partial charge in [0.2, 0.25) is 15.9 Å². The van der Waals surface area contributed by atoms with E-state index in [-0.39, 0.29) is 22.8 Å². The lowest BCUT2D eigenvalue weighted by Gasteiger charge is -2.36. The summed E-state index contributed by atoms with van der Waals surface area (Å²) in [6.45, 7) is 8.71. The largest absolute Gasteiger partial charge is 0.349 e. The van der Waals surface area contributed by atoms with Crippen molar-refractivity contribution in [1.29, 1.82) is 0 Å². The Morgan fingerprint density at radius 1 is 1.12 bits per heavy atom. The predicted molar refractivity (Wildman–Crippen MR) is 99.3 cm³/mol. The van der Waals surface area contributed by atoms with E-state index in [1.54, 1.807) is 12.1 Å². The van der Waals surface area contributed by atoms with Crippen molar-refractivity contribution >= 4 is 15.9 Å². The van der Waals surface area contributed by atoms with Crippen molar-refractivity contribution < 1.29 is 13.2 Å². The number of hydrogen-bond acceptors (Lipinski definition) is 3.